The minimum absolute atomic E-state index is 0.720. The predicted octanol–water partition coefficient (Wildman–Crippen LogP) is 12.7. The van der Waals surface area contributed by atoms with Crippen LogP contribution >= 0.6 is 0 Å². The molecule has 4 heteroatoms. The van der Waals surface area contributed by atoms with E-state index in [2.05, 4.69) is 158 Å². The molecule has 0 radical (unpaired) electrons. The van der Waals surface area contributed by atoms with Gasteiger partial charge in [0.25, 0.3) is 0 Å². The molecule has 0 bridgehead atoms. The number of fused-ring (bicyclic) bond motifs is 1. The van der Waals surface area contributed by atoms with Crippen LogP contribution < -0.4 is 0 Å². The molecule has 0 aliphatic carbocycles. The minimum Gasteiger partial charge on any atom is -0.256 e. The molecule has 0 aliphatic heterocycles. The first kappa shape index (κ1) is 32.8. The number of rotatable bonds is 7. The lowest BCUT2D eigenvalue weighted by Gasteiger charge is -2.10. The average molecular weight is 693 g/mol. The molecular weight excluding hydrogens is 657 g/mol. The zero-order chi connectivity index (χ0) is 36.4. The van der Waals surface area contributed by atoms with Gasteiger partial charge in [-0.1, -0.05) is 127 Å². The average Bonchev–Trinajstić information content (AvgIpc) is 3.23. The zero-order valence-electron chi connectivity index (χ0n) is 30.1. The number of hydrogen-bond acceptors (Lipinski definition) is 4. The molecule has 0 fully saturated rings. The van der Waals surface area contributed by atoms with E-state index in [4.69, 9.17) is 15.0 Å². The normalized spacial score (nSPS) is 11.1. The number of hydrogen-bond donors (Lipinski definition) is 0. The van der Waals surface area contributed by atoms with Crippen molar-refractivity contribution in [3.63, 3.8) is 0 Å². The molecule has 256 valence electrons. The van der Waals surface area contributed by atoms with Crippen molar-refractivity contribution in [2.24, 2.45) is 0 Å². The maximum Gasteiger partial charge on any atom is 0.126 e. The second-order valence-electron chi connectivity index (χ2n) is 13.7. The largest absolute Gasteiger partial charge is 0.256 e. The third kappa shape index (κ3) is 6.81. The van der Waals surface area contributed by atoms with Gasteiger partial charge in [-0.3, -0.25) is 9.97 Å². The number of aryl methyl sites for hydroxylation is 2. The molecule has 4 nitrogen and oxygen atoms in total. The Labute approximate surface area is 315 Å². The fourth-order valence-corrected chi connectivity index (χ4v) is 7.11. The SMILES string of the molecule is Cc1cc(-c2ccc(-c3ccc(-c4ccc(-c5ccc(-c6cc(-c7ccc8ccccc8c7)nc(C)n6)nc5)cc4)cc3)cc2)cc(-c2ccccn2)c1. The van der Waals surface area contributed by atoms with Crippen LogP contribution in [0.2, 0.25) is 0 Å². The molecule has 9 rings (SSSR count). The van der Waals surface area contributed by atoms with E-state index in [1.165, 1.54) is 49.7 Å². The van der Waals surface area contributed by atoms with E-state index in [1.54, 1.807) is 0 Å². The highest BCUT2D eigenvalue weighted by Gasteiger charge is 2.11. The van der Waals surface area contributed by atoms with Gasteiger partial charge < -0.3 is 0 Å². The Balaban J connectivity index is 0.890. The highest BCUT2D eigenvalue weighted by atomic mass is 14.9. The Kier molecular flexibility index (Phi) is 8.62. The summed E-state index contributed by atoms with van der Waals surface area (Å²) < 4.78 is 0. The maximum absolute atomic E-state index is 4.82. The second-order valence-corrected chi connectivity index (χ2v) is 13.7. The zero-order valence-corrected chi connectivity index (χ0v) is 30.1. The summed E-state index contributed by atoms with van der Waals surface area (Å²) in [5, 5.41) is 2.40. The van der Waals surface area contributed by atoms with E-state index in [1.807, 2.05) is 43.6 Å². The Morgan fingerprint density at radius 1 is 0.315 bits per heavy atom. The van der Waals surface area contributed by atoms with Crippen molar-refractivity contribution < 1.29 is 0 Å². The lowest BCUT2D eigenvalue weighted by molar-refractivity contribution is 1.06. The lowest BCUT2D eigenvalue weighted by atomic mass is 9.95. The predicted molar refractivity (Wildman–Crippen MR) is 223 cm³/mol. The third-order valence-corrected chi connectivity index (χ3v) is 9.94. The van der Waals surface area contributed by atoms with Crippen molar-refractivity contribution in [3.05, 3.63) is 194 Å². The fraction of sp³-hybridized carbons (Fsp3) is 0.0400. The fourth-order valence-electron chi connectivity index (χ4n) is 7.11. The quantitative estimate of drug-likeness (QED) is 0.167. The van der Waals surface area contributed by atoms with E-state index in [0.29, 0.717) is 0 Å². The highest BCUT2D eigenvalue weighted by molar-refractivity contribution is 5.87. The molecule has 3 heterocycles. The van der Waals surface area contributed by atoms with Crippen LogP contribution in [0, 0.1) is 13.8 Å². The molecule has 9 aromatic rings. The van der Waals surface area contributed by atoms with Crippen LogP contribution in [-0.2, 0) is 0 Å². The Morgan fingerprint density at radius 2 is 0.852 bits per heavy atom. The number of benzene rings is 6. The van der Waals surface area contributed by atoms with Crippen LogP contribution in [0.25, 0.3) is 89.2 Å². The topological polar surface area (TPSA) is 51.6 Å². The number of pyridine rings is 2. The van der Waals surface area contributed by atoms with Crippen LogP contribution in [0.5, 0.6) is 0 Å². The first-order chi connectivity index (χ1) is 26.5. The first-order valence-corrected chi connectivity index (χ1v) is 18.2. The summed E-state index contributed by atoms with van der Waals surface area (Å²) in [6, 6.07) is 60.0. The van der Waals surface area contributed by atoms with Crippen molar-refractivity contribution in [2.45, 2.75) is 13.8 Å². The summed E-state index contributed by atoms with van der Waals surface area (Å²) in [6.45, 7) is 4.07. The first-order valence-electron chi connectivity index (χ1n) is 18.2. The molecule has 0 N–H and O–H groups in total. The van der Waals surface area contributed by atoms with Crippen LogP contribution in [-0.4, -0.2) is 19.9 Å². The standard InChI is InChI=1S/C50H36N4/c1-33-27-45(30-46(28-33)47-9-5-6-26-51-47)41-20-16-39(17-21-41)37-12-10-36(11-13-37)38-14-18-40(19-15-38)44-24-25-48(52-32-44)50-31-49(53-34(2)54-50)43-23-22-35-7-3-4-8-42(35)29-43/h3-32H,1-2H3. The summed E-state index contributed by atoms with van der Waals surface area (Å²) in [7, 11) is 0. The van der Waals surface area contributed by atoms with Crippen molar-refractivity contribution in [1.82, 2.24) is 19.9 Å². The van der Waals surface area contributed by atoms with Crippen LogP contribution in [0.4, 0.5) is 0 Å². The highest BCUT2D eigenvalue weighted by Crippen LogP contribution is 2.32. The molecule has 0 saturated heterocycles. The summed E-state index contributed by atoms with van der Waals surface area (Å²) >= 11 is 0. The molecule has 0 amide bonds. The molecular formula is C50H36N4. The number of aromatic nitrogens is 4. The van der Waals surface area contributed by atoms with Gasteiger partial charge in [-0.2, -0.15) is 0 Å². The van der Waals surface area contributed by atoms with Gasteiger partial charge in [0.2, 0.25) is 0 Å². The van der Waals surface area contributed by atoms with Gasteiger partial charge in [0.1, 0.15) is 5.82 Å². The summed E-state index contributed by atoms with van der Waals surface area (Å²) in [4.78, 5) is 18.8. The van der Waals surface area contributed by atoms with Crippen LogP contribution in [0.3, 0.4) is 0 Å². The Morgan fingerprint density at radius 3 is 1.46 bits per heavy atom. The van der Waals surface area contributed by atoms with E-state index < -0.39 is 0 Å². The summed E-state index contributed by atoms with van der Waals surface area (Å²) in [6.07, 6.45) is 3.77. The minimum atomic E-state index is 0.720. The lowest BCUT2D eigenvalue weighted by Crippen LogP contribution is -1.96. The molecule has 3 aromatic heterocycles. The van der Waals surface area contributed by atoms with Gasteiger partial charge in [-0.25, -0.2) is 9.97 Å². The maximum atomic E-state index is 4.82. The van der Waals surface area contributed by atoms with Crippen LogP contribution in [0.1, 0.15) is 11.4 Å². The van der Waals surface area contributed by atoms with Gasteiger partial charge in [0.15, 0.2) is 0 Å². The van der Waals surface area contributed by atoms with E-state index in [0.717, 1.165) is 50.9 Å². The molecule has 6 aromatic carbocycles. The summed E-state index contributed by atoms with van der Waals surface area (Å²) in [5.74, 6) is 0.720. The van der Waals surface area contributed by atoms with Gasteiger partial charge in [-0.05, 0) is 112 Å². The molecule has 0 unspecified atom stereocenters. The van der Waals surface area contributed by atoms with Crippen molar-refractivity contribution in [1.29, 1.82) is 0 Å². The van der Waals surface area contributed by atoms with Crippen molar-refractivity contribution >= 4 is 10.8 Å². The monoisotopic (exact) mass is 692 g/mol. The third-order valence-electron chi connectivity index (χ3n) is 9.94. The van der Waals surface area contributed by atoms with E-state index >= 15 is 0 Å². The molecule has 0 spiro atoms. The Bertz CT molecular complexity index is 2740. The van der Waals surface area contributed by atoms with Crippen molar-refractivity contribution in [2.75, 3.05) is 0 Å². The molecule has 0 atom stereocenters. The van der Waals surface area contributed by atoms with E-state index in [-0.39, 0.29) is 0 Å². The second kappa shape index (κ2) is 14.2. The molecule has 0 saturated carbocycles. The molecule has 0 aliphatic rings. The van der Waals surface area contributed by atoms with Gasteiger partial charge in [0, 0.05) is 29.1 Å². The smallest absolute Gasteiger partial charge is 0.126 e. The molecule has 54 heavy (non-hydrogen) atoms. The van der Waals surface area contributed by atoms with E-state index in [9.17, 15) is 0 Å². The van der Waals surface area contributed by atoms with Gasteiger partial charge in [-0.15, -0.1) is 0 Å². The summed E-state index contributed by atoms with van der Waals surface area (Å²) in [5.41, 5.74) is 16.2. The van der Waals surface area contributed by atoms with Crippen molar-refractivity contribution in [3.8, 4) is 78.4 Å². The number of nitrogens with zero attached hydrogens (tertiary/aromatic N) is 4. The Hall–Kier alpha value is -7.04. The van der Waals surface area contributed by atoms with Gasteiger partial charge in [0.05, 0.1) is 22.8 Å². The van der Waals surface area contributed by atoms with Gasteiger partial charge >= 0.3 is 0 Å². The van der Waals surface area contributed by atoms with Crippen LogP contribution in [0.15, 0.2) is 182 Å².